The van der Waals surface area contributed by atoms with Gasteiger partial charge in [0.05, 0.1) is 0 Å². The Balaban J connectivity index is 2.16. The monoisotopic (exact) mass is 254 g/mol. The SMILES string of the molecule is CCCc1n[nH]c(=S)n1C(C)C(=O)NC1CC1. The number of hydrogen-bond donors (Lipinski definition) is 2. The smallest absolute Gasteiger partial charge is 0.243 e. The Bertz CT molecular complexity index is 460. The summed E-state index contributed by atoms with van der Waals surface area (Å²) in [6, 6.07) is 0.0871. The third-order valence-electron chi connectivity index (χ3n) is 2.94. The average Bonchev–Trinajstić information content (AvgIpc) is 3.03. The van der Waals surface area contributed by atoms with E-state index >= 15 is 0 Å². The van der Waals surface area contributed by atoms with Gasteiger partial charge in [-0.15, -0.1) is 0 Å². The molecule has 1 amide bonds. The number of nitrogens with zero attached hydrogens (tertiary/aromatic N) is 2. The van der Waals surface area contributed by atoms with Gasteiger partial charge in [-0.3, -0.25) is 14.5 Å². The molecule has 2 N–H and O–H groups in total. The minimum atomic E-state index is -0.289. The molecule has 94 valence electrons. The van der Waals surface area contributed by atoms with Crippen molar-refractivity contribution < 1.29 is 4.79 Å². The fourth-order valence-corrected chi connectivity index (χ4v) is 2.11. The molecule has 1 aromatic heterocycles. The van der Waals surface area contributed by atoms with E-state index < -0.39 is 0 Å². The van der Waals surface area contributed by atoms with Crippen LogP contribution in [0.1, 0.15) is 45.0 Å². The lowest BCUT2D eigenvalue weighted by Crippen LogP contribution is -2.33. The number of amides is 1. The first-order chi connectivity index (χ1) is 8.13. The fraction of sp³-hybridized carbons (Fsp3) is 0.727. The Labute approximate surface area is 106 Å². The number of rotatable bonds is 5. The average molecular weight is 254 g/mol. The van der Waals surface area contributed by atoms with Crippen LogP contribution in [0.25, 0.3) is 0 Å². The van der Waals surface area contributed by atoms with Crippen molar-refractivity contribution in [1.82, 2.24) is 20.1 Å². The molecule has 1 aliphatic carbocycles. The maximum atomic E-state index is 12.0. The Hall–Kier alpha value is -1.17. The minimum Gasteiger partial charge on any atom is -0.352 e. The first-order valence-electron chi connectivity index (χ1n) is 6.09. The second kappa shape index (κ2) is 5.00. The molecule has 5 nitrogen and oxygen atoms in total. The van der Waals surface area contributed by atoms with E-state index in [1.54, 1.807) is 0 Å². The summed E-state index contributed by atoms with van der Waals surface area (Å²) in [6.07, 6.45) is 4.00. The van der Waals surface area contributed by atoms with Crippen molar-refractivity contribution in [2.75, 3.05) is 0 Å². The van der Waals surface area contributed by atoms with Crippen LogP contribution >= 0.6 is 12.2 Å². The van der Waals surface area contributed by atoms with Gasteiger partial charge in [0, 0.05) is 12.5 Å². The van der Waals surface area contributed by atoms with Crippen molar-refractivity contribution in [1.29, 1.82) is 0 Å². The maximum Gasteiger partial charge on any atom is 0.243 e. The summed E-state index contributed by atoms with van der Waals surface area (Å²) in [5, 5.41) is 9.92. The highest BCUT2D eigenvalue weighted by Gasteiger charge is 2.27. The van der Waals surface area contributed by atoms with Gasteiger partial charge in [0.2, 0.25) is 5.91 Å². The molecule has 0 aliphatic heterocycles. The normalized spacial score (nSPS) is 16.8. The summed E-state index contributed by atoms with van der Waals surface area (Å²) in [4.78, 5) is 12.0. The van der Waals surface area contributed by atoms with Gasteiger partial charge in [-0.1, -0.05) is 6.92 Å². The van der Waals surface area contributed by atoms with Gasteiger partial charge in [0.25, 0.3) is 0 Å². The van der Waals surface area contributed by atoms with Crippen LogP contribution in [0, 0.1) is 4.77 Å². The lowest BCUT2D eigenvalue weighted by Gasteiger charge is -2.15. The van der Waals surface area contributed by atoms with E-state index in [1.165, 1.54) is 0 Å². The second-order valence-corrected chi connectivity index (χ2v) is 4.91. The number of aryl methyl sites for hydroxylation is 1. The molecular weight excluding hydrogens is 236 g/mol. The van der Waals surface area contributed by atoms with Crippen molar-refractivity contribution in [2.24, 2.45) is 0 Å². The van der Waals surface area contributed by atoms with Crippen molar-refractivity contribution in [3.05, 3.63) is 10.6 Å². The van der Waals surface area contributed by atoms with Crippen LogP contribution in [0.4, 0.5) is 0 Å². The zero-order chi connectivity index (χ0) is 12.4. The van der Waals surface area contributed by atoms with E-state index in [9.17, 15) is 4.79 Å². The first kappa shape index (κ1) is 12.3. The van der Waals surface area contributed by atoms with E-state index in [0.717, 1.165) is 31.5 Å². The van der Waals surface area contributed by atoms with E-state index in [0.29, 0.717) is 10.8 Å². The summed E-state index contributed by atoms with van der Waals surface area (Å²) >= 11 is 5.18. The van der Waals surface area contributed by atoms with Crippen LogP contribution in [0.5, 0.6) is 0 Å². The molecule has 1 fully saturated rings. The van der Waals surface area contributed by atoms with Crippen LogP contribution in [-0.2, 0) is 11.2 Å². The number of nitrogens with one attached hydrogen (secondary N) is 2. The Kier molecular flexibility index (Phi) is 3.61. The minimum absolute atomic E-state index is 0.0300. The lowest BCUT2D eigenvalue weighted by molar-refractivity contribution is -0.124. The highest BCUT2D eigenvalue weighted by molar-refractivity contribution is 7.71. The summed E-state index contributed by atoms with van der Waals surface area (Å²) in [6.45, 7) is 3.94. The molecule has 1 atom stereocenters. The van der Waals surface area contributed by atoms with Crippen molar-refractivity contribution in [3.63, 3.8) is 0 Å². The van der Waals surface area contributed by atoms with Crippen LogP contribution in [0.15, 0.2) is 0 Å². The molecule has 0 bridgehead atoms. The number of carbonyl (C=O) groups excluding carboxylic acids is 1. The molecule has 0 aromatic carbocycles. The molecular formula is C11H18N4OS. The molecule has 1 aliphatic rings. The van der Waals surface area contributed by atoms with Crippen LogP contribution < -0.4 is 5.32 Å². The van der Waals surface area contributed by atoms with Gasteiger partial charge >= 0.3 is 0 Å². The van der Waals surface area contributed by atoms with E-state index in [-0.39, 0.29) is 11.9 Å². The van der Waals surface area contributed by atoms with Gasteiger partial charge < -0.3 is 5.32 Å². The van der Waals surface area contributed by atoms with Crippen LogP contribution in [0.2, 0.25) is 0 Å². The molecule has 0 saturated heterocycles. The van der Waals surface area contributed by atoms with E-state index in [2.05, 4.69) is 22.4 Å². The van der Waals surface area contributed by atoms with Crippen LogP contribution in [0.3, 0.4) is 0 Å². The van der Waals surface area contributed by atoms with Gasteiger partial charge in [-0.05, 0) is 38.4 Å². The highest BCUT2D eigenvalue weighted by Crippen LogP contribution is 2.20. The van der Waals surface area contributed by atoms with E-state index in [1.807, 2.05) is 11.5 Å². The molecule has 0 spiro atoms. The second-order valence-electron chi connectivity index (χ2n) is 4.52. The molecule has 1 aromatic rings. The lowest BCUT2D eigenvalue weighted by atomic mass is 10.2. The largest absolute Gasteiger partial charge is 0.352 e. The van der Waals surface area contributed by atoms with Gasteiger partial charge in [0.1, 0.15) is 11.9 Å². The summed E-state index contributed by atoms with van der Waals surface area (Å²) in [5.41, 5.74) is 0. The maximum absolute atomic E-state index is 12.0. The summed E-state index contributed by atoms with van der Waals surface area (Å²) < 4.78 is 2.34. The first-order valence-corrected chi connectivity index (χ1v) is 6.50. The third-order valence-corrected chi connectivity index (χ3v) is 3.23. The summed E-state index contributed by atoms with van der Waals surface area (Å²) in [5.74, 6) is 0.887. The number of aromatic amines is 1. The molecule has 1 heterocycles. The van der Waals surface area contributed by atoms with E-state index in [4.69, 9.17) is 12.2 Å². The van der Waals surface area contributed by atoms with Gasteiger partial charge in [0.15, 0.2) is 4.77 Å². The standard InChI is InChI=1S/C11H18N4OS/c1-3-4-9-13-14-11(17)15(9)7(2)10(16)12-8-5-6-8/h7-8H,3-6H2,1-2H3,(H,12,16)(H,14,17). The zero-order valence-electron chi connectivity index (χ0n) is 10.2. The topological polar surface area (TPSA) is 62.7 Å². The quantitative estimate of drug-likeness (QED) is 0.787. The third kappa shape index (κ3) is 2.74. The highest BCUT2D eigenvalue weighted by atomic mass is 32.1. The Morgan fingerprint density at radius 3 is 3.00 bits per heavy atom. The fourth-order valence-electron chi connectivity index (χ4n) is 1.80. The molecule has 1 unspecified atom stereocenters. The van der Waals surface area contributed by atoms with Crippen molar-refractivity contribution in [3.8, 4) is 0 Å². The zero-order valence-corrected chi connectivity index (χ0v) is 11.0. The predicted molar refractivity (Wildman–Crippen MR) is 67.3 cm³/mol. The van der Waals surface area contributed by atoms with Crippen LogP contribution in [-0.4, -0.2) is 26.7 Å². The Morgan fingerprint density at radius 1 is 1.71 bits per heavy atom. The molecule has 6 heteroatoms. The molecule has 2 rings (SSSR count). The Morgan fingerprint density at radius 2 is 2.41 bits per heavy atom. The van der Waals surface area contributed by atoms with Crippen molar-refractivity contribution >= 4 is 18.1 Å². The molecule has 1 saturated carbocycles. The van der Waals surface area contributed by atoms with Gasteiger partial charge in [-0.2, -0.15) is 5.10 Å². The molecule has 0 radical (unpaired) electrons. The predicted octanol–water partition coefficient (Wildman–Crippen LogP) is 1.73. The number of aromatic nitrogens is 3. The number of carbonyl (C=O) groups is 1. The number of hydrogen-bond acceptors (Lipinski definition) is 3. The van der Waals surface area contributed by atoms with Crippen molar-refractivity contribution in [2.45, 2.75) is 51.6 Å². The van der Waals surface area contributed by atoms with Gasteiger partial charge in [-0.25, -0.2) is 0 Å². The summed E-state index contributed by atoms with van der Waals surface area (Å²) in [7, 11) is 0. The number of H-pyrrole nitrogens is 1. The molecule has 17 heavy (non-hydrogen) atoms.